The molecule has 0 radical (unpaired) electrons. The van der Waals surface area contributed by atoms with E-state index in [-0.39, 0.29) is 0 Å². The third kappa shape index (κ3) is 1.56. The third-order valence-corrected chi connectivity index (χ3v) is 2.68. The van der Waals surface area contributed by atoms with Crippen molar-refractivity contribution in [3.05, 3.63) is 29.6 Å². The summed E-state index contributed by atoms with van der Waals surface area (Å²) in [5.41, 5.74) is 2.01. The maximum atomic E-state index is 10.9. The first-order chi connectivity index (χ1) is 7.50. The van der Waals surface area contributed by atoms with Gasteiger partial charge >= 0.3 is 5.97 Å². The lowest BCUT2D eigenvalue weighted by atomic mass is 10.2. The summed E-state index contributed by atoms with van der Waals surface area (Å²) in [4.78, 5) is 15.3. The predicted molar refractivity (Wildman–Crippen MR) is 61.8 cm³/mol. The van der Waals surface area contributed by atoms with Gasteiger partial charge in [-0.1, -0.05) is 13.8 Å². The van der Waals surface area contributed by atoms with E-state index in [1.165, 1.54) is 0 Å². The van der Waals surface area contributed by atoms with Gasteiger partial charge in [0.25, 0.3) is 0 Å². The number of hydrogen-bond donors (Lipinski definition) is 1. The number of hydrogen-bond acceptors (Lipinski definition) is 2. The van der Waals surface area contributed by atoms with Crippen LogP contribution in [0.3, 0.4) is 0 Å². The van der Waals surface area contributed by atoms with Crippen LogP contribution >= 0.6 is 0 Å². The Morgan fingerprint density at radius 1 is 1.44 bits per heavy atom. The number of aromatic nitrogens is 2. The van der Waals surface area contributed by atoms with E-state index in [1.54, 1.807) is 18.2 Å². The van der Waals surface area contributed by atoms with Gasteiger partial charge in [-0.2, -0.15) is 0 Å². The fraction of sp³-hybridized carbons (Fsp3) is 0.333. The van der Waals surface area contributed by atoms with E-state index in [9.17, 15) is 4.79 Å². The summed E-state index contributed by atoms with van der Waals surface area (Å²) in [6.45, 7) is 4.14. The Hall–Kier alpha value is -1.84. The van der Waals surface area contributed by atoms with Crippen molar-refractivity contribution in [2.75, 3.05) is 0 Å². The van der Waals surface area contributed by atoms with Crippen molar-refractivity contribution < 1.29 is 9.90 Å². The van der Waals surface area contributed by atoms with Crippen LogP contribution in [-0.4, -0.2) is 20.6 Å². The van der Waals surface area contributed by atoms with Crippen LogP contribution in [0.2, 0.25) is 0 Å². The number of imidazole rings is 1. The summed E-state index contributed by atoms with van der Waals surface area (Å²) in [7, 11) is 1.91. The highest BCUT2D eigenvalue weighted by atomic mass is 16.4. The minimum Gasteiger partial charge on any atom is -0.478 e. The zero-order valence-corrected chi connectivity index (χ0v) is 9.56. The molecular weight excluding hydrogens is 204 g/mol. The Morgan fingerprint density at radius 2 is 2.12 bits per heavy atom. The van der Waals surface area contributed by atoms with Crippen molar-refractivity contribution in [3.8, 4) is 0 Å². The fourth-order valence-electron chi connectivity index (χ4n) is 1.86. The number of carboxylic acids is 1. The molecule has 0 atom stereocenters. The van der Waals surface area contributed by atoms with Crippen LogP contribution in [0.1, 0.15) is 35.9 Å². The van der Waals surface area contributed by atoms with Gasteiger partial charge in [-0.05, 0) is 18.2 Å². The van der Waals surface area contributed by atoms with Crippen LogP contribution in [0, 0.1) is 0 Å². The normalized spacial score (nSPS) is 11.2. The molecule has 0 fully saturated rings. The summed E-state index contributed by atoms with van der Waals surface area (Å²) < 4.78 is 1.95. The van der Waals surface area contributed by atoms with Crippen molar-refractivity contribution in [2.24, 2.45) is 7.05 Å². The van der Waals surface area contributed by atoms with Gasteiger partial charge in [-0.3, -0.25) is 0 Å². The number of rotatable bonds is 2. The molecule has 1 N–H and O–H groups in total. The molecule has 4 heteroatoms. The van der Waals surface area contributed by atoms with Crippen LogP contribution in [-0.2, 0) is 7.05 Å². The Kier molecular flexibility index (Phi) is 2.42. The van der Waals surface area contributed by atoms with E-state index in [0.29, 0.717) is 11.5 Å². The second-order valence-electron chi connectivity index (χ2n) is 4.19. The van der Waals surface area contributed by atoms with Gasteiger partial charge in [0, 0.05) is 13.0 Å². The predicted octanol–water partition coefficient (Wildman–Crippen LogP) is 2.39. The minimum atomic E-state index is -0.908. The van der Waals surface area contributed by atoms with Gasteiger partial charge in [0.1, 0.15) is 5.82 Å². The molecule has 0 amide bonds. The molecule has 0 spiro atoms. The first-order valence-corrected chi connectivity index (χ1v) is 5.20. The van der Waals surface area contributed by atoms with E-state index < -0.39 is 5.97 Å². The second kappa shape index (κ2) is 3.63. The van der Waals surface area contributed by atoms with Crippen molar-refractivity contribution in [1.29, 1.82) is 0 Å². The first-order valence-electron chi connectivity index (χ1n) is 5.20. The van der Waals surface area contributed by atoms with Gasteiger partial charge in [-0.25, -0.2) is 9.78 Å². The highest BCUT2D eigenvalue weighted by molar-refractivity contribution is 5.92. The summed E-state index contributed by atoms with van der Waals surface area (Å²) in [6.07, 6.45) is 0. The van der Waals surface area contributed by atoms with E-state index in [0.717, 1.165) is 16.9 Å². The molecule has 84 valence electrons. The van der Waals surface area contributed by atoms with Gasteiger partial charge < -0.3 is 9.67 Å². The molecule has 0 bridgehead atoms. The molecule has 16 heavy (non-hydrogen) atoms. The SMILES string of the molecule is CC(C)c1nc2ccc(C(=O)O)cc2n1C. The summed E-state index contributed by atoms with van der Waals surface area (Å²) in [5.74, 6) is 0.386. The number of aryl methyl sites for hydroxylation is 1. The molecule has 2 aromatic rings. The maximum Gasteiger partial charge on any atom is 0.335 e. The van der Waals surface area contributed by atoms with Gasteiger partial charge in [0.2, 0.25) is 0 Å². The van der Waals surface area contributed by atoms with E-state index in [1.807, 2.05) is 11.6 Å². The van der Waals surface area contributed by atoms with Crippen LogP contribution in [0.5, 0.6) is 0 Å². The lowest BCUT2D eigenvalue weighted by molar-refractivity contribution is 0.0697. The van der Waals surface area contributed by atoms with Crippen molar-refractivity contribution in [1.82, 2.24) is 9.55 Å². The quantitative estimate of drug-likeness (QED) is 0.842. The average molecular weight is 218 g/mol. The van der Waals surface area contributed by atoms with Crippen LogP contribution in [0.25, 0.3) is 11.0 Å². The number of carbonyl (C=O) groups is 1. The second-order valence-corrected chi connectivity index (χ2v) is 4.19. The summed E-state index contributed by atoms with van der Waals surface area (Å²) >= 11 is 0. The van der Waals surface area contributed by atoms with Crippen LogP contribution < -0.4 is 0 Å². The zero-order valence-electron chi connectivity index (χ0n) is 9.56. The van der Waals surface area contributed by atoms with Crippen LogP contribution in [0.4, 0.5) is 0 Å². The van der Waals surface area contributed by atoms with E-state index in [2.05, 4.69) is 18.8 Å². The molecule has 2 rings (SSSR count). The lowest BCUT2D eigenvalue weighted by Gasteiger charge is -2.04. The summed E-state index contributed by atoms with van der Waals surface area (Å²) in [6, 6.07) is 5.00. The molecule has 1 heterocycles. The fourth-order valence-corrected chi connectivity index (χ4v) is 1.86. The standard InChI is InChI=1S/C12H14N2O2/c1-7(2)11-13-9-5-4-8(12(15)16)6-10(9)14(11)3/h4-7H,1-3H3,(H,15,16). The molecule has 0 aliphatic rings. The van der Waals surface area contributed by atoms with E-state index >= 15 is 0 Å². The average Bonchev–Trinajstić information content (AvgIpc) is 2.56. The smallest absolute Gasteiger partial charge is 0.335 e. The molecule has 1 aromatic heterocycles. The highest BCUT2D eigenvalue weighted by Gasteiger charge is 2.12. The molecule has 0 saturated heterocycles. The van der Waals surface area contributed by atoms with Gasteiger partial charge in [-0.15, -0.1) is 0 Å². The maximum absolute atomic E-state index is 10.9. The molecule has 0 unspecified atom stereocenters. The third-order valence-electron chi connectivity index (χ3n) is 2.68. The van der Waals surface area contributed by atoms with Crippen molar-refractivity contribution in [3.63, 3.8) is 0 Å². The van der Waals surface area contributed by atoms with Gasteiger partial charge in [0.15, 0.2) is 0 Å². The highest BCUT2D eigenvalue weighted by Crippen LogP contribution is 2.21. The zero-order chi connectivity index (χ0) is 11.9. The topological polar surface area (TPSA) is 55.1 Å². The largest absolute Gasteiger partial charge is 0.478 e. The number of fused-ring (bicyclic) bond motifs is 1. The summed E-state index contributed by atoms with van der Waals surface area (Å²) in [5, 5.41) is 8.92. The lowest BCUT2D eigenvalue weighted by Crippen LogP contribution is -2.00. The Labute approximate surface area is 93.5 Å². The minimum absolute atomic E-state index is 0.297. The number of carboxylic acid groups (broad SMARTS) is 1. The van der Waals surface area contributed by atoms with E-state index in [4.69, 9.17) is 5.11 Å². The molecule has 4 nitrogen and oxygen atoms in total. The molecule has 0 aliphatic carbocycles. The van der Waals surface area contributed by atoms with Crippen molar-refractivity contribution in [2.45, 2.75) is 19.8 Å². The van der Waals surface area contributed by atoms with Crippen LogP contribution in [0.15, 0.2) is 18.2 Å². The first kappa shape index (κ1) is 10.7. The Balaban J connectivity index is 2.69. The van der Waals surface area contributed by atoms with Gasteiger partial charge in [0.05, 0.1) is 16.6 Å². The number of nitrogens with zero attached hydrogens (tertiary/aromatic N) is 2. The number of aromatic carboxylic acids is 1. The Bertz CT molecular complexity index is 555. The monoisotopic (exact) mass is 218 g/mol. The molecule has 1 aromatic carbocycles. The molecule has 0 aliphatic heterocycles. The molecular formula is C12H14N2O2. The Morgan fingerprint density at radius 3 is 2.69 bits per heavy atom. The number of benzene rings is 1. The molecule has 0 saturated carbocycles. The van der Waals surface area contributed by atoms with Crippen molar-refractivity contribution >= 4 is 17.0 Å².